The van der Waals surface area contributed by atoms with E-state index in [1.807, 2.05) is 24.3 Å². The van der Waals surface area contributed by atoms with E-state index in [9.17, 15) is 9.90 Å². The maximum Gasteiger partial charge on any atom is 0.331 e. The maximum absolute atomic E-state index is 12.6. The minimum Gasteiger partial charge on any atom is -0.497 e. The molecule has 0 amide bonds. The Balaban J connectivity index is 1.71. The summed E-state index contributed by atoms with van der Waals surface area (Å²) in [5, 5.41) is 10.8. The quantitative estimate of drug-likeness (QED) is 0.267. The van der Waals surface area contributed by atoms with E-state index in [0.29, 0.717) is 18.9 Å². The van der Waals surface area contributed by atoms with Crippen molar-refractivity contribution in [3.05, 3.63) is 47.6 Å². The van der Waals surface area contributed by atoms with Crippen molar-refractivity contribution in [2.75, 3.05) is 20.8 Å². The van der Waals surface area contributed by atoms with Crippen molar-refractivity contribution >= 4 is 12.0 Å². The predicted octanol–water partition coefficient (Wildman–Crippen LogP) is 4.17. The molecule has 5 atom stereocenters. The third-order valence-corrected chi connectivity index (χ3v) is 6.42. The van der Waals surface area contributed by atoms with Gasteiger partial charge in [0.1, 0.15) is 17.5 Å². The first kappa shape index (κ1) is 24.5. The van der Waals surface area contributed by atoms with Crippen LogP contribution in [0.2, 0.25) is 0 Å². The van der Waals surface area contributed by atoms with Gasteiger partial charge in [-0.1, -0.05) is 37.6 Å². The molecule has 1 aliphatic heterocycles. The van der Waals surface area contributed by atoms with Gasteiger partial charge in [-0.3, -0.25) is 0 Å². The Labute approximate surface area is 191 Å². The van der Waals surface area contributed by atoms with E-state index in [4.69, 9.17) is 18.9 Å². The molecule has 1 saturated heterocycles. The van der Waals surface area contributed by atoms with E-state index in [1.54, 1.807) is 20.3 Å². The highest BCUT2D eigenvalue weighted by molar-refractivity contribution is 5.87. The number of carbonyl (C=O) groups excluding carboxylic acids is 1. The zero-order valence-electron chi connectivity index (χ0n) is 19.7. The average molecular weight is 445 g/mol. The van der Waals surface area contributed by atoms with Crippen LogP contribution in [0, 0.1) is 11.8 Å². The number of aliphatic hydroxyl groups is 1. The Morgan fingerprint density at radius 3 is 2.50 bits per heavy atom. The molecule has 1 aliphatic carbocycles. The Morgan fingerprint density at radius 2 is 1.94 bits per heavy atom. The molecule has 0 bridgehead atoms. The van der Waals surface area contributed by atoms with E-state index < -0.39 is 29.9 Å². The molecule has 1 aromatic rings. The highest BCUT2D eigenvalue weighted by atomic mass is 16.6. The monoisotopic (exact) mass is 444 g/mol. The molecule has 1 N–H and O–H groups in total. The number of hydrogen-bond donors (Lipinski definition) is 1. The van der Waals surface area contributed by atoms with Crippen molar-refractivity contribution in [1.29, 1.82) is 0 Å². The van der Waals surface area contributed by atoms with Crippen LogP contribution in [-0.2, 0) is 19.0 Å². The third kappa shape index (κ3) is 5.80. The number of hydrogen-bond acceptors (Lipinski definition) is 6. The summed E-state index contributed by atoms with van der Waals surface area (Å²) >= 11 is 0. The van der Waals surface area contributed by atoms with Gasteiger partial charge in [0.25, 0.3) is 0 Å². The summed E-state index contributed by atoms with van der Waals surface area (Å²) in [5.74, 6) is 0.797. The fourth-order valence-corrected chi connectivity index (χ4v) is 4.61. The van der Waals surface area contributed by atoms with E-state index in [1.165, 1.54) is 6.08 Å². The van der Waals surface area contributed by atoms with Crippen molar-refractivity contribution in [2.24, 2.45) is 11.8 Å². The molecule has 0 aromatic heterocycles. The van der Waals surface area contributed by atoms with Crippen LogP contribution < -0.4 is 4.74 Å². The van der Waals surface area contributed by atoms with Gasteiger partial charge in [-0.25, -0.2) is 4.79 Å². The summed E-state index contributed by atoms with van der Waals surface area (Å²) in [4.78, 5) is 12.6. The number of aliphatic hydroxyl groups excluding tert-OH is 1. The fraction of sp³-hybridized carbons (Fsp3) is 0.577. The minimum atomic E-state index is -0.847. The number of allylic oxidation sites excluding steroid dienone is 1. The molecule has 1 heterocycles. The highest BCUT2D eigenvalue weighted by Gasteiger charge is 2.62. The second-order valence-corrected chi connectivity index (χ2v) is 9.23. The first-order valence-electron chi connectivity index (χ1n) is 11.3. The molecular weight excluding hydrogens is 408 g/mol. The van der Waals surface area contributed by atoms with Gasteiger partial charge in [-0.2, -0.15) is 0 Å². The lowest BCUT2D eigenvalue weighted by atomic mass is 9.70. The van der Waals surface area contributed by atoms with Crippen LogP contribution in [0.25, 0.3) is 6.08 Å². The van der Waals surface area contributed by atoms with Crippen molar-refractivity contribution in [1.82, 2.24) is 0 Å². The van der Waals surface area contributed by atoms with Gasteiger partial charge in [0.2, 0.25) is 0 Å². The predicted molar refractivity (Wildman–Crippen MR) is 123 cm³/mol. The van der Waals surface area contributed by atoms with Crippen LogP contribution >= 0.6 is 0 Å². The van der Waals surface area contributed by atoms with Crippen LogP contribution in [0.5, 0.6) is 5.75 Å². The molecule has 32 heavy (non-hydrogen) atoms. The van der Waals surface area contributed by atoms with Crippen LogP contribution in [0.4, 0.5) is 0 Å². The molecule has 1 saturated carbocycles. The van der Waals surface area contributed by atoms with Crippen molar-refractivity contribution in [3.8, 4) is 5.75 Å². The average Bonchev–Trinajstić information content (AvgIpc) is 3.53. The van der Waals surface area contributed by atoms with Crippen LogP contribution in [0.1, 0.15) is 45.6 Å². The zero-order valence-corrected chi connectivity index (χ0v) is 19.7. The Bertz CT molecular complexity index is 821. The summed E-state index contributed by atoms with van der Waals surface area (Å²) < 4.78 is 22.5. The topological polar surface area (TPSA) is 77.5 Å². The molecule has 6 nitrogen and oxygen atoms in total. The number of ether oxygens (including phenoxy) is 4. The van der Waals surface area contributed by atoms with E-state index in [2.05, 4.69) is 26.8 Å². The van der Waals surface area contributed by atoms with Gasteiger partial charge in [0.15, 0.2) is 6.10 Å². The van der Waals surface area contributed by atoms with Crippen molar-refractivity contribution < 1.29 is 28.8 Å². The molecule has 2 aliphatic rings. The molecule has 6 heteroatoms. The smallest absolute Gasteiger partial charge is 0.331 e. The first-order valence-corrected chi connectivity index (χ1v) is 11.3. The Kier molecular flexibility index (Phi) is 8.15. The molecule has 3 rings (SSSR count). The number of esters is 1. The SMILES string of the molecule is COc1ccc(C=CC(=O)O[C@H]2[C@@H](OC)[C@H](C(C)=CCCC(C)C)[C@@]3(CO3)C[C@@H]2O)cc1. The molecular formula is C26H36O6. The summed E-state index contributed by atoms with van der Waals surface area (Å²) in [6, 6.07) is 7.35. The lowest BCUT2D eigenvalue weighted by molar-refractivity contribution is -0.179. The molecule has 1 spiro atoms. The number of epoxide rings is 1. The van der Waals surface area contributed by atoms with Crippen LogP contribution in [0.3, 0.4) is 0 Å². The largest absolute Gasteiger partial charge is 0.497 e. The van der Waals surface area contributed by atoms with Gasteiger partial charge in [-0.05, 0) is 49.5 Å². The van der Waals surface area contributed by atoms with Gasteiger partial charge in [0, 0.05) is 25.5 Å². The van der Waals surface area contributed by atoms with E-state index >= 15 is 0 Å². The number of benzene rings is 1. The normalized spacial score (nSPS) is 30.2. The number of methoxy groups -OCH3 is 2. The van der Waals surface area contributed by atoms with Gasteiger partial charge >= 0.3 is 5.97 Å². The number of rotatable bonds is 9. The molecule has 1 aromatic carbocycles. The molecule has 0 unspecified atom stereocenters. The summed E-state index contributed by atoms with van der Waals surface area (Å²) in [5.41, 5.74) is 1.58. The third-order valence-electron chi connectivity index (χ3n) is 6.42. The van der Waals surface area contributed by atoms with Crippen LogP contribution in [0.15, 0.2) is 42.0 Å². The minimum absolute atomic E-state index is 0.0635. The lowest BCUT2D eigenvalue weighted by Gasteiger charge is -2.43. The maximum atomic E-state index is 12.6. The fourth-order valence-electron chi connectivity index (χ4n) is 4.61. The molecule has 0 radical (unpaired) electrons. The second-order valence-electron chi connectivity index (χ2n) is 9.23. The van der Waals surface area contributed by atoms with Gasteiger partial charge in [-0.15, -0.1) is 0 Å². The molecule has 2 fully saturated rings. The Hall–Kier alpha value is -2.15. The first-order chi connectivity index (χ1) is 15.3. The van der Waals surface area contributed by atoms with E-state index in [-0.39, 0.29) is 5.92 Å². The molecule has 176 valence electrons. The summed E-state index contributed by atoms with van der Waals surface area (Å²) in [6.07, 6.45) is 5.71. The van der Waals surface area contributed by atoms with Crippen molar-refractivity contribution in [3.63, 3.8) is 0 Å². The highest BCUT2D eigenvalue weighted by Crippen LogP contribution is 2.50. The summed E-state index contributed by atoms with van der Waals surface area (Å²) in [6.45, 7) is 7.08. The lowest BCUT2D eigenvalue weighted by Crippen LogP contribution is -2.57. The van der Waals surface area contributed by atoms with Gasteiger partial charge in [0.05, 0.1) is 19.8 Å². The summed E-state index contributed by atoms with van der Waals surface area (Å²) in [7, 11) is 3.20. The second kappa shape index (κ2) is 10.6. The van der Waals surface area contributed by atoms with Gasteiger partial charge < -0.3 is 24.1 Å². The number of carbonyl (C=O) groups is 1. The van der Waals surface area contributed by atoms with E-state index in [0.717, 1.165) is 29.7 Å². The standard InChI is InChI=1S/C26H36O6/c1-17(2)7-6-8-18(3)23-25(30-5)24(21(27)15-26(23)16-31-26)32-22(28)14-11-19-9-12-20(29-4)13-10-19/h8-14,17,21,23-25,27H,6-7,15-16H2,1-5H3/t21-,23-,24+,25-,26-/m0/s1. The van der Waals surface area contributed by atoms with Crippen molar-refractivity contribution in [2.45, 2.75) is 63.9 Å². The zero-order chi connectivity index (χ0) is 23.3. The Morgan fingerprint density at radius 1 is 1.25 bits per heavy atom. The van der Waals surface area contributed by atoms with Crippen LogP contribution in [-0.4, -0.2) is 55.8 Å².